The van der Waals surface area contributed by atoms with E-state index in [0.717, 1.165) is 12.8 Å². The monoisotopic (exact) mass is 287 g/mol. The minimum Gasteiger partial charge on any atom is -0.252 e. The SMILES string of the molecule is C[C@@H]1CCCN(S(=O)(=O)N(C)Cc2ncnn2C)C1. The van der Waals surface area contributed by atoms with E-state index in [1.54, 1.807) is 23.1 Å². The first-order chi connectivity index (χ1) is 8.91. The summed E-state index contributed by atoms with van der Waals surface area (Å²) in [5, 5.41) is 3.95. The molecule has 1 aromatic heterocycles. The molecular weight excluding hydrogens is 266 g/mol. The molecule has 0 spiro atoms. The van der Waals surface area contributed by atoms with Gasteiger partial charge in [0.1, 0.15) is 12.2 Å². The van der Waals surface area contributed by atoms with Crippen LogP contribution in [0.3, 0.4) is 0 Å². The number of piperidine rings is 1. The molecule has 1 saturated heterocycles. The van der Waals surface area contributed by atoms with Crippen molar-refractivity contribution in [3.63, 3.8) is 0 Å². The van der Waals surface area contributed by atoms with Gasteiger partial charge in [-0.2, -0.15) is 22.1 Å². The summed E-state index contributed by atoms with van der Waals surface area (Å²) in [6, 6.07) is 0. The minimum absolute atomic E-state index is 0.240. The molecular formula is C11H21N5O2S. The Kier molecular flexibility index (Phi) is 4.22. The Hall–Kier alpha value is -0.990. The van der Waals surface area contributed by atoms with E-state index in [4.69, 9.17) is 0 Å². The summed E-state index contributed by atoms with van der Waals surface area (Å²) in [7, 11) is -0.0599. The molecule has 0 amide bonds. The van der Waals surface area contributed by atoms with Crippen molar-refractivity contribution in [2.45, 2.75) is 26.3 Å². The van der Waals surface area contributed by atoms with E-state index in [2.05, 4.69) is 17.0 Å². The zero-order valence-corrected chi connectivity index (χ0v) is 12.5. The van der Waals surface area contributed by atoms with Gasteiger partial charge in [0.25, 0.3) is 10.2 Å². The van der Waals surface area contributed by atoms with Crippen LogP contribution >= 0.6 is 0 Å². The Labute approximate surface area is 114 Å². The lowest BCUT2D eigenvalue weighted by Crippen LogP contribution is -2.46. The highest BCUT2D eigenvalue weighted by Crippen LogP contribution is 2.20. The van der Waals surface area contributed by atoms with Crippen LogP contribution in [0.25, 0.3) is 0 Å². The van der Waals surface area contributed by atoms with Crippen molar-refractivity contribution in [3.05, 3.63) is 12.2 Å². The van der Waals surface area contributed by atoms with Gasteiger partial charge in [-0.05, 0) is 18.8 Å². The summed E-state index contributed by atoms with van der Waals surface area (Å²) >= 11 is 0. The van der Waals surface area contributed by atoms with Gasteiger partial charge in [-0.3, -0.25) is 4.68 Å². The molecule has 0 unspecified atom stereocenters. The summed E-state index contributed by atoms with van der Waals surface area (Å²) in [5.41, 5.74) is 0. The molecule has 0 bridgehead atoms. The van der Waals surface area contributed by atoms with Crippen molar-refractivity contribution >= 4 is 10.2 Å². The van der Waals surface area contributed by atoms with Crippen molar-refractivity contribution in [1.82, 2.24) is 23.4 Å². The summed E-state index contributed by atoms with van der Waals surface area (Å²) < 4.78 is 29.4. The van der Waals surface area contributed by atoms with E-state index in [9.17, 15) is 8.42 Å². The maximum atomic E-state index is 12.5. The van der Waals surface area contributed by atoms with Gasteiger partial charge in [0.15, 0.2) is 0 Å². The van der Waals surface area contributed by atoms with Crippen LogP contribution in [0, 0.1) is 5.92 Å². The fourth-order valence-corrected chi connectivity index (χ4v) is 3.77. The second-order valence-corrected chi connectivity index (χ2v) is 7.20. The Morgan fingerprint density at radius 2 is 2.26 bits per heavy atom. The van der Waals surface area contributed by atoms with Crippen LogP contribution in [0.5, 0.6) is 0 Å². The standard InChI is InChI=1S/C11H21N5O2S/c1-10-5-4-6-16(7-10)19(17,18)14(2)8-11-12-9-13-15(11)3/h9-10H,4-8H2,1-3H3/t10-/m1/s1. The van der Waals surface area contributed by atoms with Crippen LogP contribution in [0.15, 0.2) is 6.33 Å². The molecule has 2 heterocycles. The molecule has 108 valence electrons. The number of hydrogen-bond acceptors (Lipinski definition) is 4. The van der Waals surface area contributed by atoms with E-state index in [1.165, 1.54) is 10.6 Å². The third-order valence-corrected chi connectivity index (χ3v) is 5.41. The van der Waals surface area contributed by atoms with Crippen LogP contribution in [-0.4, -0.2) is 51.9 Å². The predicted molar refractivity (Wildman–Crippen MR) is 71.4 cm³/mol. The first kappa shape index (κ1) is 14.4. The smallest absolute Gasteiger partial charge is 0.252 e. The summed E-state index contributed by atoms with van der Waals surface area (Å²) in [5.74, 6) is 1.06. The first-order valence-electron chi connectivity index (χ1n) is 6.45. The maximum absolute atomic E-state index is 12.5. The average molecular weight is 287 g/mol. The Morgan fingerprint density at radius 1 is 1.53 bits per heavy atom. The molecule has 1 aromatic rings. The highest BCUT2D eigenvalue weighted by molar-refractivity contribution is 7.86. The Morgan fingerprint density at radius 3 is 2.84 bits per heavy atom. The van der Waals surface area contributed by atoms with E-state index in [-0.39, 0.29) is 6.54 Å². The predicted octanol–water partition coefficient (Wildman–Crippen LogP) is 0.224. The van der Waals surface area contributed by atoms with Crippen molar-refractivity contribution in [2.75, 3.05) is 20.1 Å². The molecule has 0 radical (unpaired) electrons. The number of hydrogen-bond donors (Lipinski definition) is 0. The average Bonchev–Trinajstić information content (AvgIpc) is 2.75. The van der Waals surface area contributed by atoms with Crippen LogP contribution in [0.1, 0.15) is 25.6 Å². The molecule has 1 atom stereocenters. The highest BCUT2D eigenvalue weighted by Gasteiger charge is 2.31. The second kappa shape index (κ2) is 5.56. The fourth-order valence-electron chi connectivity index (χ4n) is 2.30. The second-order valence-electron chi connectivity index (χ2n) is 5.17. The van der Waals surface area contributed by atoms with Crippen LogP contribution in [-0.2, 0) is 23.8 Å². The van der Waals surface area contributed by atoms with E-state index < -0.39 is 10.2 Å². The van der Waals surface area contributed by atoms with Crippen molar-refractivity contribution < 1.29 is 8.42 Å². The number of rotatable bonds is 4. The zero-order valence-electron chi connectivity index (χ0n) is 11.7. The van der Waals surface area contributed by atoms with Gasteiger partial charge in [-0.25, -0.2) is 4.98 Å². The van der Waals surface area contributed by atoms with Crippen molar-refractivity contribution in [3.8, 4) is 0 Å². The van der Waals surface area contributed by atoms with Gasteiger partial charge in [0.2, 0.25) is 0 Å². The number of aromatic nitrogens is 3. The van der Waals surface area contributed by atoms with Crippen LogP contribution < -0.4 is 0 Å². The molecule has 1 fully saturated rings. The molecule has 0 aromatic carbocycles. The van der Waals surface area contributed by atoms with Crippen molar-refractivity contribution in [2.24, 2.45) is 13.0 Å². The molecule has 19 heavy (non-hydrogen) atoms. The van der Waals surface area contributed by atoms with Gasteiger partial charge in [-0.15, -0.1) is 0 Å². The molecule has 0 N–H and O–H groups in total. The molecule has 0 saturated carbocycles. The molecule has 2 rings (SSSR count). The van der Waals surface area contributed by atoms with Gasteiger partial charge < -0.3 is 0 Å². The van der Waals surface area contributed by atoms with Gasteiger partial charge in [-0.1, -0.05) is 6.92 Å². The third-order valence-electron chi connectivity index (χ3n) is 3.51. The van der Waals surface area contributed by atoms with Gasteiger partial charge >= 0.3 is 0 Å². The lowest BCUT2D eigenvalue weighted by atomic mass is 10.0. The first-order valence-corrected chi connectivity index (χ1v) is 7.85. The molecule has 1 aliphatic heterocycles. The highest BCUT2D eigenvalue weighted by atomic mass is 32.2. The van der Waals surface area contributed by atoms with E-state index >= 15 is 0 Å². The molecule has 0 aliphatic carbocycles. The largest absolute Gasteiger partial charge is 0.282 e. The van der Waals surface area contributed by atoms with Crippen molar-refractivity contribution in [1.29, 1.82) is 0 Å². The quantitative estimate of drug-likeness (QED) is 0.794. The topological polar surface area (TPSA) is 71.3 Å². The fraction of sp³-hybridized carbons (Fsp3) is 0.818. The van der Waals surface area contributed by atoms with E-state index in [0.29, 0.717) is 24.8 Å². The summed E-state index contributed by atoms with van der Waals surface area (Å²) in [6.45, 7) is 3.54. The normalized spacial score (nSPS) is 22.0. The summed E-state index contributed by atoms with van der Waals surface area (Å²) in [4.78, 5) is 4.06. The number of aryl methyl sites for hydroxylation is 1. The van der Waals surface area contributed by atoms with Gasteiger partial charge in [0, 0.05) is 27.2 Å². The maximum Gasteiger partial charge on any atom is 0.282 e. The molecule has 7 nitrogen and oxygen atoms in total. The van der Waals surface area contributed by atoms with Gasteiger partial charge in [0.05, 0.1) is 6.54 Å². The Balaban J connectivity index is 2.08. The molecule has 8 heteroatoms. The zero-order chi connectivity index (χ0) is 14.0. The van der Waals surface area contributed by atoms with Crippen LogP contribution in [0.2, 0.25) is 0 Å². The van der Waals surface area contributed by atoms with E-state index in [1.807, 2.05) is 0 Å². The lowest BCUT2D eigenvalue weighted by molar-refractivity contribution is 0.261. The third kappa shape index (κ3) is 3.13. The van der Waals surface area contributed by atoms with Crippen LogP contribution in [0.4, 0.5) is 0 Å². The number of nitrogens with zero attached hydrogens (tertiary/aromatic N) is 5. The summed E-state index contributed by atoms with van der Waals surface area (Å²) in [6.07, 6.45) is 3.45. The molecule has 1 aliphatic rings. The lowest BCUT2D eigenvalue weighted by Gasteiger charge is -2.32. The Bertz CT molecular complexity index is 527. The minimum atomic E-state index is -3.40.